The normalized spacial score (nSPS) is 10.5. The monoisotopic (exact) mass is 251 g/mol. The highest BCUT2D eigenvalue weighted by Gasteiger charge is 1.97. The molecule has 0 saturated heterocycles. The fourth-order valence-corrected chi connectivity index (χ4v) is 0.880. The average Bonchev–Trinajstić information content (AvgIpc) is 2.35. The van der Waals surface area contributed by atoms with E-state index in [4.69, 9.17) is 25.1 Å². The lowest BCUT2D eigenvalue weighted by molar-refractivity contribution is -0.143. The van der Waals surface area contributed by atoms with Gasteiger partial charge in [-0.05, 0) is 0 Å². The highest BCUT2D eigenvalue weighted by Crippen LogP contribution is 1.82. The lowest BCUT2D eigenvalue weighted by Crippen LogP contribution is -2.19. The summed E-state index contributed by atoms with van der Waals surface area (Å²) in [7, 11) is 0. The van der Waals surface area contributed by atoms with Crippen molar-refractivity contribution in [3.63, 3.8) is 0 Å². The van der Waals surface area contributed by atoms with Gasteiger partial charge in [0.1, 0.15) is 6.61 Å². The third kappa shape index (κ3) is 13.2. The van der Waals surface area contributed by atoms with Crippen LogP contribution in [0.4, 0.5) is 0 Å². The van der Waals surface area contributed by atoms with E-state index in [1.165, 1.54) is 0 Å². The first-order valence-electron chi connectivity index (χ1n) is 5.51. The summed E-state index contributed by atoms with van der Waals surface area (Å²) in [5.74, 6) is -0.439. The number of carbonyl (C=O) groups excluding carboxylic acids is 1. The van der Waals surface area contributed by atoms with Gasteiger partial charge in [-0.25, -0.2) is 0 Å². The summed E-state index contributed by atoms with van der Waals surface area (Å²) in [6.45, 7) is 2.56. The maximum absolute atomic E-state index is 10.6. The molecule has 0 aliphatic heterocycles. The number of carbonyl (C=O) groups is 1. The van der Waals surface area contributed by atoms with Gasteiger partial charge >= 0.3 is 5.97 Å². The van der Waals surface area contributed by atoms with Gasteiger partial charge in [0.2, 0.25) is 0 Å². The summed E-state index contributed by atoms with van der Waals surface area (Å²) in [4.78, 5) is 10.6. The number of hydrogen-bond acceptors (Lipinski definition) is 7. The van der Waals surface area contributed by atoms with Crippen LogP contribution in [0.1, 0.15) is 0 Å². The average molecular weight is 251 g/mol. The van der Waals surface area contributed by atoms with E-state index in [2.05, 4.69) is 4.74 Å². The Labute approximate surface area is 101 Å². The van der Waals surface area contributed by atoms with E-state index in [0.29, 0.717) is 39.6 Å². The molecule has 0 amide bonds. The molecule has 17 heavy (non-hydrogen) atoms. The van der Waals surface area contributed by atoms with Crippen LogP contribution in [0, 0.1) is 0 Å². The van der Waals surface area contributed by atoms with Crippen LogP contribution < -0.4 is 5.73 Å². The number of hydrogen-bond donors (Lipinski definition) is 2. The van der Waals surface area contributed by atoms with Crippen molar-refractivity contribution in [1.29, 1.82) is 0 Å². The number of rotatable bonds is 12. The third-order valence-corrected chi connectivity index (χ3v) is 1.64. The van der Waals surface area contributed by atoms with Crippen molar-refractivity contribution in [2.45, 2.75) is 0 Å². The van der Waals surface area contributed by atoms with Crippen LogP contribution in [0.5, 0.6) is 0 Å². The lowest BCUT2D eigenvalue weighted by Gasteiger charge is -2.06. The molecule has 0 aromatic carbocycles. The van der Waals surface area contributed by atoms with Gasteiger partial charge in [-0.3, -0.25) is 4.79 Å². The predicted octanol–water partition coefficient (Wildman–Crippen LogP) is -1.47. The summed E-state index contributed by atoms with van der Waals surface area (Å²) in [5.41, 5.74) is 5.04. The zero-order valence-electron chi connectivity index (χ0n) is 9.93. The smallest absolute Gasteiger partial charge is 0.319 e. The first-order valence-corrected chi connectivity index (χ1v) is 5.51. The van der Waals surface area contributed by atoms with Gasteiger partial charge in [0, 0.05) is 0 Å². The fraction of sp³-hybridized carbons (Fsp3) is 0.900. The van der Waals surface area contributed by atoms with Crippen LogP contribution in [0.15, 0.2) is 0 Å². The summed E-state index contributed by atoms with van der Waals surface area (Å²) >= 11 is 0. The fourth-order valence-electron chi connectivity index (χ4n) is 0.880. The topological polar surface area (TPSA) is 100 Å². The van der Waals surface area contributed by atoms with Crippen molar-refractivity contribution in [1.82, 2.24) is 0 Å². The quantitative estimate of drug-likeness (QED) is 0.322. The van der Waals surface area contributed by atoms with Gasteiger partial charge in [0.05, 0.1) is 52.8 Å². The van der Waals surface area contributed by atoms with Crippen LogP contribution in [-0.4, -0.2) is 70.5 Å². The van der Waals surface area contributed by atoms with E-state index in [9.17, 15) is 4.79 Å². The summed E-state index contributed by atoms with van der Waals surface area (Å²) in [5, 5.41) is 8.42. The highest BCUT2D eigenvalue weighted by molar-refractivity contribution is 5.71. The molecule has 7 nitrogen and oxygen atoms in total. The van der Waals surface area contributed by atoms with Gasteiger partial charge in [-0.1, -0.05) is 0 Å². The molecule has 3 N–H and O–H groups in total. The molecule has 0 rings (SSSR count). The van der Waals surface area contributed by atoms with Gasteiger partial charge < -0.3 is 29.8 Å². The Hall–Kier alpha value is -0.730. The molecule has 102 valence electrons. The molecule has 0 heterocycles. The van der Waals surface area contributed by atoms with Crippen LogP contribution in [0.3, 0.4) is 0 Å². The largest absolute Gasteiger partial charge is 0.462 e. The minimum Gasteiger partial charge on any atom is -0.462 e. The number of aliphatic hydroxyl groups excluding tert-OH is 1. The molecule has 0 atom stereocenters. The van der Waals surface area contributed by atoms with Crippen molar-refractivity contribution in [3.05, 3.63) is 0 Å². The van der Waals surface area contributed by atoms with Crippen molar-refractivity contribution in [2.75, 3.05) is 59.4 Å². The minimum atomic E-state index is -0.439. The van der Waals surface area contributed by atoms with E-state index in [0.717, 1.165) is 0 Å². The van der Waals surface area contributed by atoms with Crippen LogP contribution in [0.2, 0.25) is 0 Å². The molecule has 0 aromatic heterocycles. The number of nitrogens with two attached hydrogens (primary N) is 1. The van der Waals surface area contributed by atoms with Crippen molar-refractivity contribution < 1.29 is 28.8 Å². The predicted molar refractivity (Wildman–Crippen MR) is 59.6 cm³/mol. The summed E-state index contributed by atoms with van der Waals surface area (Å²) < 4.78 is 20.0. The summed E-state index contributed by atoms with van der Waals surface area (Å²) in [6, 6.07) is 0. The first-order chi connectivity index (χ1) is 8.31. The molecule has 0 radical (unpaired) electrons. The van der Waals surface area contributed by atoms with Crippen LogP contribution >= 0.6 is 0 Å². The Morgan fingerprint density at radius 1 is 0.882 bits per heavy atom. The lowest BCUT2D eigenvalue weighted by atomic mass is 10.6. The molecule has 0 bridgehead atoms. The number of esters is 1. The van der Waals surface area contributed by atoms with Gasteiger partial charge in [0.25, 0.3) is 0 Å². The van der Waals surface area contributed by atoms with Gasteiger partial charge in [0.15, 0.2) is 0 Å². The third-order valence-electron chi connectivity index (χ3n) is 1.64. The molecule has 7 heteroatoms. The summed E-state index contributed by atoms with van der Waals surface area (Å²) in [6.07, 6.45) is 0. The Bertz CT molecular complexity index is 178. The van der Waals surface area contributed by atoms with E-state index in [-0.39, 0.29) is 19.8 Å². The van der Waals surface area contributed by atoms with Crippen molar-refractivity contribution in [2.24, 2.45) is 5.73 Å². The SMILES string of the molecule is NCC(=O)OCCOCCOCCOCCO. The van der Waals surface area contributed by atoms with Crippen LogP contribution in [0.25, 0.3) is 0 Å². The van der Waals surface area contributed by atoms with E-state index >= 15 is 0 Å². The van der Waals surface area contributed by atoms with Crippen LogP contribution in [-0.2, 0) is 23.7 Å². The Kier molecular flexibility index (Phi) is 12.8. The Morgan fingerprint density at radius 3 is 1.82 bits per heavy atom. The second-order valence-corrected chi connectivity index (χ2v) is 2.99. The standard InChI is InChI=1S/C10H21NO6/c11-9-10(13)17-8-7-16-6-5-15-4-3-14-2-1-12/h12H,1-9,11H2. The number of aliphatic hydroxyl groups is 1. The van der Waals surface area contributed by atoms with Gasteiger partial charge in [-0.15, -0.1) is 0 Å². The molecule has 0 aliphatic carbocycles. The molecule has 0 spiro atoms. The molecule has 0 saturated carbocycles. The maximum Gasteiger partial charge on any atom is 0.319 e. The Morgan fingerprint density at radius 2 is 1.35 bits per heavy atom. The molecule has 0 unspecified atom stereocenters. The second kappa shape index (κ2) is 13.3. The second-order valence-electron chi connectivity index (χ2n) is 2.99. The molecule has 0 aliphatic rings. The zero-order valence-corrected chi connectivity index (χ0v) is 9.93. The highest BCUT2D eigenvalue weighted by atomic mass is 16.6. The van der Waals surface area contributed by atoms with E-state index < -0.39 is 5.97 Å². The van der Waals surface area contributed by atoms with E-state index in [1.54, 1.807) is 0 Å². The van der Waals surface area contributed by atoms with Gasteiger partial charge in [-0.2, -0.15) is 0 Å². The number of ether oxygens (including phenoxy) is 4. The minimum absolute atomic E-state index is 0.0185. The van der Waals surface area contributed by atoms with Crippen molar-refractivity contribution >= 4 is 5.97 Å². The maximum atomic E-state index is 10.6. The van der Waals surface area contributed by atoms with E-state index in [1.807, 2.05) is 0 Å². The molecule has 0 fully saturated rings. The zero-order chi connectivity index (χ0) is 12.8. The van der Waals surface area contributed by atoms with Crippen molar-refractivity contribution in [3.8, 4) is 0 Å². The first kappa shape index (κ1) is 16.3. The molecular weight excluding hydrogens is 230 g/mol. The molecular formula is C10H21NO6. The molecule has 0 aromatic rings. The Balaban J connectivity index is 2.96.